The lowest BCUT2D eigenvalue weighted by Gasteiger charge is -2.31. The molecule has 158 valence electrons. The number of aryl methyl sites for hydroxylation is 1. The minimum absolute atomic E-state index is 0.727. The van der Waals surface area contributed by atoms with Crippen molar-refractivity contribution in [3.63, 3.8) is 0 Å². The Morgan fingerprint density at radius 1 is 1.13 bits per heavy atom. The summed E-state index contributed by atoms with van der Waals surface area (Å²) < 4.78 is 14.8. The molecular formula is C25H32N3O2+. The molecule has 0 N–H and O–H groups in total. The largest absolute Gasteiger partial charge is 0.480 e. The summed E-state index contributed by atoms with van der Waals surface area (Å²) in [7, 11) is 0. The van der Waals surface area contributed by atoms with Crippen LogP contribution in [0.2, 0.25) is 0 Å². The van der Waals surface area contributed by atoms with Gasteiger partial charge in [-0.2, -0.15) is 0 Å². The van der Waals surface area contributed by atoms with Crippen molar-refractivity contribution in [3.8, 4) is 17.2 Å². The summed E-state index contributed by atoms with van der Waals surface area (Å²) in [6.45, 7) is 11.6. The van der Waals surface area contributed by atoms with Crippen LogP contribution in [0.5, 0.6) is 17.2 Å². The lowest BCUT2D eigenvalue weighted by molar-refractivity contribution is 0.268. The Hall–Kier alpha value is -2.56. The predicted octanol–water partition coefficient (Wildman–Crippen LogP) is 3.84. The molecule has 3 aliphatic rings. The van der Waals surface area contributed by atoms with Crippen LogP contribution in [0.3, 0.4) is 0 Å². The minimum atomic E-state index is 0.727. The van der Waals surface area contributed by atoms with Gasteiger partial charge in [-0.1, -0.05) is 13.8 Å². The molecule has 2 aromatic rings. The van der Waals surface area contributed by atoms with Crippen LogP contribution in [0.1, 0.15) is 45.6 Å². The topological polar surface area (TPSA) is 37.1 Å². The van der Waals surface area contributed by atoms with Crippen LogP contribution in [0.25, 0.3) is 0 Å². The molecule has 0 bridgehead atoms. The van der Waals surface area contributed by atoms with Gasteiger partial charge in [-0.25, -0.2) is 9.57 Å². The Kier molecular flexibility index (Phi) is 5.13. The maximum absolute atomic E-state index is 6.39. The van der Waals surface area contributed by atoms with Crippen LogP contribution in [0.4, 0.5) is 11.4 Å². The molecule has 5 nitrogen and oxygen atoms in total. The van der Waals surface area contributed by atoms with Crippen LogP contribution in [0, 0.1) is 5.92 Å². The maximum Gasteiger partial charge on any atom is 0.246 e. The predicted molar refractivity (Wildman–Crippen MR) is 120 cm³/mol. The molecule has 0 spiro atoms. The van der Waals surface area contributed by atoms with E-state index in [0.29, 0.717) is 0 Å². The number of nitrogens with zero attached hydrogens (tertiary/aromatic N) is 3. The Bertz CT molecular complexity index is 1090. The van der Waals surface area contributed by atoms with Crippen molar-refractivity contribution in [1.29, 1.82) is 0 Å². The molecule has 0 atom stereocenters. The van der Waals surface area contributed by atoms with Crippen molar-refractivity contribution in [2.75, 3.05) is 37.7 Å². The molecule has 0 saturated heterocycles. The molecule has 3 aliphatic heterocycles. The third kappa shape index (κ3) is 3.55. The molecule has 0 amide bonds. The molecule has 30 heavy (non-hydrogen) atoms. The molecule has 2 aromatic carbocycles. The Labute approximate surface area is 178 Å². The molecule has 3 heterocycles. The van der Waals surface area contributed by atoms with E-state index < -0.39 is 0 Å². The van der Waals surface area contributed by atoms with E-state index >= 15 is 0 Å². The van der Waals surface area contributed by atoms with Gasteiger partial charge in [0.2, 0.25) is 5.36 Å². The number of hydrogen-bond donors (Lipinski definition) is 0. The van der Waals surface area contributed by atoms with E-state index in [0.717, 1.165) is 78.8 Å². The summed E-state index contributed by atoms with van der Waals surface area (Å²) in [6.07, 6.45) is 4.75. The Morgan fingerprint density at radius 2 is 2.03 bits per heavy atom. The van der Waals surface area contributed by atoms with Crippen molar-refractivity contribution in [2.24, 2.45) is 10.9 Å². The average Bonchev–Trinajstić information content (AvgIpc) is 2.74. The quantitative estimate of drug-likeness (QED) is 0.604. The van der Waals surface area contributed by atoms with Gasteiger partial charge in [-0.15, -0.1) is 0 Å². The van der Waals surface area contributed by atoms with Crippen molar-refractivity contribution in [2.45, 2.75) is 46.5 Å². The van der Waals surface area contributed by atoms with Crippen molar-refractivity contribution in [3.05, 3.63) is 40.5 Å². The van der Waals surface area contributed by atoms with Crippen molar-refractivity contribution in [1.82, 2.24) is 4.58 Å². The van der Waals surface area contributed by atoms with Gasteiger partial charge in [0.1, 0.15) is 24.2 Å². The van der Waals surface area contributed by atoms with E-state index in [1.54, 1.807) is 0 Å². The summed E-state index contributed by atoms with van der Waals surface area (Å²) in [5.74, 6) is 3.36. The first-order valence-electron chi connectivity index (χ1n) is 11.5. The third-order valence-electron chi connectivity index (χ3n) is 6.43. The van der Waals surface area contributed by atoms with E-state index in [1.165, 1.54) is 30.5 Å². The number of fused-ring (bicyclic) bond motifs is 4. The number of hydrogen-bond acceptors (Lipinski definition) is 4. The van der Waals surface area contributed by atoms with Gasteiger partial charge in [0.25, 0.3) is 0 Å². The van der Waals surface area contributed by atoms with Crippen LogP contribution >= 0.6 is 0 Å². The minimum Gasteiger partial charge on any atom is -0.480 e. The van der Waals surface area contributed by atoms with E-state index in [1.807, 2.05) is 0 Å². The standard InChI is InChI=1S/C25H32N3O2/c1-4-27-9-6-8-18-13-19-23(15-21(18)27)30-24-16-22-25(14-20(24)26-19)29-12-11-28(22)10-5-7-17(2)3/h13-17H,4-12H2,1-3H3/q+1. The fourth-order valence-corrected chi connectivity index (χ4v) is 4.80. The first kappa shape index (κ1) is 19.4. The lowest BCUT2D eigenvalue weighted by Crippen LogP contribution is -2.40. The number of anilines is 1. The third-order valence-corrected chi connectivity index (χ3v) is 6.43. The maximum atomic E-state index is 6.39. The molecule has 5 heteroatoms. The van der Waals surface area contributed by atoms with Crippen molar-refractivity contribution < 1.29 is 9.47 Å². The number of ether oxygens (including phenoxy) is 2. The molecule has 5 rings (SSSR count). The molecule has 0 unspecified atom stereocenters. The summed E-state index contributed by atoms with van der Waals surface area (Å²) in [5, 5.41) is 2.00. The highest BCUT2D eigenvalue weighted by atomic mass is 16.5. The van der Waals surface area contributed by atoms with Gasteiger partial charge in [-0.3, -0.25) is 0 Å². The first-order chi connectivity index (χ1) is 14.6. The summed E-state index contributed by atoms with van der Waals surface area (Å²) >= 11 is 0. The molecule has 0 radical (unpaired) electrons. The summed E-state index contributed by atoms with van der Waals surface area (Å²) in [4.78, 5) is 7.38. The van der Waals surface area contributed by atoms with Crippen LogP contribution in [0.15, 0.2) is 29.3 Å². The fourth-order valence-electron chi connectivity index (χ4n) is 4.80. The molecule has 0 saturated carbocycles. The van der Waals surface area contributed by atoms with E-state index in [2.05, 4.69) is 54.5 Å². The Balaban J connectivity index is 1.55. The van der Waals surface area contributed by atoms with Gasteiger partial charge in [0.15, 0.2) is 23.8 Å². The highest BCUT2D eigenvalue weighted by molar-refractivity contribution is 5.69. The van der Waals surface area contributed by atoms with E-state index in [9.17, 15) is 0 Å². The van der Waals surface area contributed by atoms with Gasteiger partial charge < -0.3 is 14.4 Å². The van der Waals surface area contributed by atoms with Gasteiger partial charge in [0, 0.05) is 37.3 Å². The monoisotopic (exact) mass is 406 g/mol. The normalized spacial score (nSPS) is 16.7. The first-order valence-corrected chi connectivity index (χ1v) is 11.5. The van der Waals surface area contributed by atoms with Gasteiger partial charge >= 0.3 is 0 Å². The smallest absolute Gasteiger partial charge is 0.246 e. The van der Waals surface area contributed by atoms with E-state index in [-0.39, 0.29) is 0 Å². The molecule has 0 fully saturated rings. The van der Waals surface area contributed by atoms with Crippen molar-refractivity contribution >= 4 is 11.4 Å². The van der Waals surface area contributed by atoms with Crippen LogP contribution in [-0.4, -0.2) is 32.8 Å². The second-order valence-electron chi connectivity index (χ2n) is 9.00. The molecule has 0 aromatic heterocycles. The summed E-state index contributed by atoms with van der Waals surface area (Å²) in [6, 6.07) is 8.59. The lowest BCUT2D eigenvalue weighted by atomic mass is 10.00. The number of benzene rings is 2. The highest BCUT2D eigenvalue weighted by Crippen LogP contribution is 2.41. The number of rotatable bonds is 5. The highest BCUT2D eigenvalue weighted by Gasteiger charge is 2.24. The zero-order valence-corrected chi connectivity index (χ0v) is 18.4. The van der Waals surface area contributed by atoms with Gasteiger partial charge in [0.05, 0.1) is 6.07 Å². The average molecular weight is 407 g/mol. The molecular weight excluding hydrogens is 374 g/mol. The Morgan fingerprint density at radius 3 is 2.87 bits per heavy atom. The zero-order valence-electron chi connectivity index (χ0n) is 18.4. The summed E-state index contributed by atoms with van der Waals surface area (Å²) in [5.41, 5.74) is 3.62. The molecule has 0 aliphatic carbocycles. The van der Waals surface area contributed by atoms with E-state index in [4.69, 9.17) is 14.5 Å². The second kappa shape index (κ2) is 7.93. The zero-order chi connectivity index (χ0) is 20.7. The fraction of sp³-hybridized carbons (Fsp3) is 0.520. The van der Waals surface area contributed by atoms with Crippen LogP contribution in [-0.2, 0) is 6.42 Å². The van der Waals surface area contributed by atoms with Crippen LogP contribution < -0.4 is 29.7 Å². The second-order valence-corrected chi connectivity index (χ2v) is 9.00. The SMILES string of the molecule is CCN1CCCc2cc3c(cc21)Oc1cc2c(cc1=N3)OCC[N+]=2CCCC(C)C. The van der Waals surface area contributed by atoms with Gasteiger partial charge in [-0.05, 0) is 43.7 Å².